The fourth-order valence-electron chi connectivity index (χ4n) is 3.24. The van der Waals surface area contributed by atoms with Crippen LogP contribution in [-0.2, 0) is 14.3 Å². The summed E-state index contributed by atoms with van der Waals surface area (Å²) >= 11 is 0. The second kappa shape index (κ2) is 14.4. The summed E-state index contributed by atoms with van der Waals surface area (Å²) in [5.41, 5.74) is 0. The number of esters is 2. The average molecular weight is 411 g/mol. The molecule has 0 aliphatic heterocycles. The minimum absolute atomic E-state index is 0.00735. The zero-order valence-corrected chi connectivity index (χ0v) is 18.1. The molecule has 0 atom stereocenters. The number of ether oxygens (including phenoxy) is 2. The smallest absolute Gasteiger partial charge is 0.311 e. The second-order valence-corrected chi connectivity index (χ2v) is 7.55. The van der Waals surface area contributed by atoms with Gasteiger partial charge in [0.2, 0.25) is 0 Å². The van der Waals surface area contributed by atoms with Gasteiger partial charge in [-0.15, -0.1) is 0 Å². The Kier molecular flexibility index (Phi) is 11.3. The highest BCUT2D eigenvalue weighted by atomic mass is 16.5. The van der Waals surface area contributed by atoms with Crippen molar-refractivity contribution in [2.24, 2.45) is 0 Å². The molecule has 0 aliphatic carbocycles. The fraction of sp³-hybridized carbons (Fsp3) is 0.462. The van der Waals surface area contributed by atoms with Crippen molar-refractivity contribution in [3.05, 3.63) is 54.6 Å². The van der Waals surface area contributed by atoms with Gasteiger partial charge < -0.3 is 9.47 Å². The van der Waals surface area contributed by atoms with Crippen molar-refractivity contribution >= 4 is 22.7 Å². The largest absolute Gasteiger partial charge is 0.461 e. The summed E-state index contributed by atoms with van der Waals surface area (Å²) in [6.07, 6.45) is 14.0. The monoisotopic (exact) mass is 410 g/mol. The lowest BCUT2D eigenvalue weighted by atomic mass is 10.1. The first-order valence-electron chi connectivity index (χ1n) is 11.2. The molecule has 0 heterocycles. The molecule has 0 spiro atoms. The van der Waals surface area contributed by atoms with E-state index in [-0.39, 0.29) is 25.4 Å². The number of allylic oxidation sites excluding steroid dienone is 1. The highest BCUT2D eigenvalue weighted by molar-refractivity contribution is 5.85. The van der Waals surface area contributed by atoms with Crippen molar-refractivity contribution < 1.29 is 19.1 Å². The van der Waals surface area contributed by atoms with Gasteiger partial charge in [-0.2, -0.15) is 0 Å². The molecule has 2 aromatic rings. The zero-order chi connectivity index (χ0) is 21.4. The van der Waals surface area contributed by atoms with Crippen molar-refractivity contribution in [2.75, 3.05) is 6.61 Å². The maximum absolute atomic E-state index is 12.0. The van der Waals surface area contributed by atoms with Gasteiger partial charge in [0.25, 0.3) is 0 Å². The first-order chi connectivity index (χ1) is 14.7. The molecular weight excluding hydrogens is 376 g/mol. The van der Waals surface area contributed by atoms with Gasteiger partial charge in [0.05, 0.1) is 12.8 Å². The molecule has 0 aliphatic rings. The highest BCUT2D eigenvalue weighted by Gasteiger charge is 2.10. The van der Waals surface area contributed by atoms with Crippen LogP contribution < -0.4 is 4.74 Å². The van der Waals surface area contributed by atoms with E-state index in [0.717, 1.165) is 17.2 Å². The third-order valence-electron chi connectivity index (χ3n) is 4.97. The number of hydrogen-bond donors (Lipinski definition) is 0. The Balaban J connectivity index is 1.53. The molecule has 4 nitrogen and oxygen atoms in total. The maximum atomic E-state index is 12.0. The summed E-state index contributed by atoms with van der Waals surface area (Å²) < 4.78 is 10.5. The van der Waals surface area contributed by atoms with Gasteiger partial charge in [-0.3, -0.25) is 9.59 Å². The molecular formula is C26H34O4. The Morgan fingerprint density at radius 2 is 1.50 bits per heavy atom. The molecule has 4 heteroatoms. The standard InChI is InChI=1S/C26H34O4/c1-2-3-4-5-6-7-8-9-10-13-20-29-25(27)18-19-26(28)30-24-17-16-22-14-11-12-15-23(22)21-24/h10-17,21H,2-9,18-20H2,1H3/b13-10+. The lowest BCUT2D eigenvalue weighted by molar-refractivity contribution is -0.145. The molecule has 0 unspecified atom stereocenters. The van der Waals surface area contributed by atoms with Crippen LogP contribution in [0.15, 0.2) is 54.6 Å². The number of rotatable bonds is 14. The summed E-state index contributed by atoms with van der Waals surface area (Å²) in [6.45, 7) is 2.49. The van der Waals surface area contributed by atoms with Crippen LogP contribution >= 0.6 is 0 Å². The van der Waals surface area contributed by atoms with Crippen LogP contribution in [0.25, 0.3) is 10.8 Å². The topological polar surface area (TPSA) is 52.6 Å². The molecule has 2 rings (SSSR count). The van der Waals surface area contributed by atoms with E-state index in [1.807, 2.05) is 42.5 Å². The Hall–Kier alpha value is -2.62. The van der Waals surface area contributed by atoms with Crippen molar-refractivity contribution in [3.63, 3.8) is 0 Å². The summed E-state index contributed by atoms with van der Waals surface area (Å²) in [6, 6.07) is 13.4. The van der Waals surface area contributed by atoms with Gasteiger partial charge in [-0.25, -0.2) is 0 Å². The molecule has 0 bridgehead atoms. The zero-order valence-electron chi connectivity index (χ0n) is 18.1. The minimum atomic E-state index is -0.434. The van der Waals surface area contributed by atoms with Gasteiger partial charge in [-0.1, -0.05) is 87.9 Å². The molecule has 30 heavy (non-hydrogen) atoms. The summed E-state index contributed by atoms with van der Waals surface area (Å²) in [5, 5.41) is 2.09. The molecule has 162 valence electrons. The predicted molar refractivity (Wildman–Crippen MR) is 122 cm³/mol. The Morgan fingerprint density at radius 1 is 0.800 bits per heavy atom. The molecule has 0 N–H and O–H groups in total. The van der Waals surface area contributed by atoms with Gasteiger partial charge in [-0.05, 0) is 35.7 Å². The average Bonchev–Trinajstić information content (AvgIpc) is 2.76. The SMILES string of the molecule is CCCCCCCCC/C=C/COC(=O)CCC(=O)Oc1ccc2ccccc2c1. The predicted octanol–water partition coefficient (Wildman–Crippen LogP) is 6.77. The molecule has 0 saturated heterocycles. The van der Waals surface area contributed by atoms with Crippen LogP contribution in [0, 0.1) is 0 Å². The summed E-state index contributed by atoms with van der Waals surface area (Å²) in [4.78, 5) is 23.7. The van der Waals surface area contributed by atoms with Crippen LogP contribution in [0.5, 0.6) is 5.75 Å². The number of unbranched alkanes of at least 4 members (excludes halogenated alkanes) is 7. The van der Waals surface area contributed by atoms with E-state index in [1.165, 1.54) is 44.9 Å². The molecule has 0 amide bonds. The Labute approximate surface area is 180 Å². The number of fused-ring (bicyclic) bond motifs is 1. The van der Waals surface area contributed by atoms with E-state index >= 15 is 0 Å². The van der Waals surface area contributed by atoms with Crippen molar-refractivity contribution in [2.45, 2.75) is 71.1 Å². The first-order valence-corrected chi connectivity index (χ1v) is 11.2. The quantitative estimate of drug-likeness (QED) is 0.149. The number of carbonyl (C=O) groups excluding carboxylic acids is 2. The third kappa shape index (κ3) is 9.73. The molecule has 0 aromatic heterocycles. The van der Waals surface area contributed by atoms with Crippen LogP contribution in [0.3, 0.4) is 0 Å². The third-order valence-corrected chi connectivity index (χ3v) is 4.97. The van der Waals surface area contributed by atoms with Gasteiger partial charge >= 0.3 is 11.9 Å². The van der Waals surface area contributed by atoms with Crippen LogP contribution in [-0.4, -0.2) is 18.5 Å². The Bertz CT molecular complexity index is 810. The Morgan fingerprint density at radius 3 is 2.30 bits per heavy atom. The minimum Gasteiger partial charge on any atom is -0.461 e. The van der Waals surface area contributed by atoms with Crippen molar-refractivity contribution in [3.8, 4) is 5.75 Å². The highest BCUT2D eigenvalue weighted by Crippen LogP contribution is 2.21. The molecule has 0 saturated carbocycles. The van der Waals surface area contributed by atoms with Crippen LogP contribution in [0.1, 0.15) is 71.1 Å². The van der Waals surface area contributed by atoms with E-state index in [1.54, 1.807) is 6.07 Å². The maximum Gasteiger partial charge on any atom is 0.311 e. The lowest BCUT2D eigenvalue weighted by Gasteiger charge is -2.06. The van der Waals surface area contributed by atoms with Gasteiger partial charge in [0.15, 0.2) is 0 Å². The number of carbonyl (C=O) groups is 2. The van der Waals surface area contributed by atoms with E-state index in [2.05, 4.69) is 13.0 Å². The number of hydrogen-bond acceptors (Lipinski definition) is 4. The van der Waals surface area contributed by atoms with Gasteiger partial charge in [0, 0.05) is 0 Å². The van der Waals surface area contributed by atoms with Crippen molar-refractivity contribution in [1.29, 1.82) is 0 Å². The summed E-state index contributed by atoms with van der Waals surface area (Å²) in [7, 11) is 0. The molecule has 2 aromatic carbocycles. The fourth-order valence-corrected chi connectivity index (χ4v) is 3.24. The van der Waals surface area contributed by atoms with Gasteiger partial charge in [0.1, 0.15) is 12.4 Å². The summed E-state index contributed by atoms with van der Waals surface area (Å²) in [5.74, 6) is -0.330. The van der Waals surface area contributed by atoms with Crippen LogP contribution in [0.2, 0.25) is 0 Å². The van der Waals surface area contributed by atoms with E-state index < -0.39 is 5.97 Å². The van der Waals surface area contributed by atoms with E-state index in [0.29, 0.717) is 5.75 Å². The van der Waals surface area contributed by atoms with Crippen LogP contribution in [0.4, 0.5) is 0 Å². The number of benzene rings is 2. The van der Waals surface area contributed by atoms with Crippen molar-refractivity contribution in [1.82, 2.24) is 0 Å². The lowest BCUT2D eigenvalue weighted by Crippen LogP contribution is -2.12. The molecule has 0 radical (unpaired) electrons. The normalized spacial score (nSPS) is 11.1. The van der Waals surface area contributed by atoms with E-state index in [4.69, 9.17) is 9.47 Å². The molecule has 0 fully saturated rings. The second-order valence-electron chi connectivity index (χ2n) is 7.55. The first kappa shape index (κ1) is 23.7. The van der Waals surface area contributed by atoms with E-state index in [9.17, 15) is 9.59 Å².